The monoisotopic (exact) mass is 498 g/mol. The van der Waals surface area contributed by atoms with E-state index in [-0.39, 0.29) is 27.8 Å². The minimum absolute atomic E-state index is 0.00237. The average molecular weight is 499 g/mol. The summed E-state index contributed by atoms with van der Waals surface area (Å²) in [6.45, 7) is 6.68. The largest absolute Gasteiger partial charge is 0.465 e. The number of rotatable bonds is 5. The molecule has 186 valence electrons. The molecule has 3 aromatic rings. The first-order valence-corrected chi connectivity index (χ1v) is 13.2. The summed E-state index contributed by atoms with van der Waals surface area (Å²) in [4.78, 5) is 26.8. The van der Waals surface area contributed by atoms with Gasteiger partial charge in [0.1, 0.15) is 4.90 Å². The maximum Gasteiger partial charge on any atom is 0.337 e. The first-order chi connectivity index (χ1) is 16.6. The maximum absolute atomic E-state index is 13.5. The number of methoxy groups -OCH3 is 1. The van der Waals surface area contributed by atoms with E-state index in [1.807, 2.05) is 13.0 Å². The average Bonchev–Trinajstić information content (AvgIpc) is 3.00. The second-order valence-corrected chi connectivity index (χ2v) is 10.6. The van der Waals surface area contributed by atoms with Crippen LogP contribution in [-0.4, -0.2) is 45.4 Å². The lowest BCUT2D eigenvalue weighted by atomic mass is 10.0. The van der Waals surface area contributed by atoms with Crippen molar-refractivity contribution in [3.8, 4) is 0 Å². The van der Waals surface area contributed by atoms with Gasteiger partial charge in [0, 0.05) is 29.7 Å². The molecule has 1 N–H and O–H groups in total. The van der Waals surface area contributed by atoms with E-state index in [2.05, 4.69) is 9.46 Å². The first kappa shape index (κ1) is 24.8. The van der Waals surface area contributed by atoms with Crippen molar-refractivity contribution in [2.75, 3.05) is 24.9 Å². The Morgan fingerprint density at radius 1 is 0.971 bits per heavy atom. The van der Waals surface area contributed by atoms with Crippen molar-refractivity contribution in [1.82, 2.24) is 4.90 Å². The van der Waals surface area contributed by atoms with Gasteiger partial charge in [-0.05, 0) is 75.1 Å². The second kappa shape index (κ2) is 9.73. The Kier molecular flexibility index (Phi) is 6.89. The van der Waals surface area contributed by atoms with Crippen LogP contribution in [0.1, 0.15) is 63.3 Å². The summed E-state index contributed by atoms with van der Waals surface area (Å²) >= 11 is 0. The molecule has 35 heavy (non-hydrogen) atoms. The van der Waals surface area contributed by atoms with E-state index in [1.54, 1.807) is 18.7 Å². The Hall–Kier alpha value is -3.33. The fraction of sp³-hybridized carbons (Fsp3) is 0.385. The molecule has 2 aromatic carbocycles. The Balaban J connectivity index is 1.76. The van der Waals surface area contributed by atoms with E-state index >= 15 is 0 Å². The van der Waals surface area contributed by atoms with Crippen LogP contribution >= 0.6 is 0 Å². The molecule has 8 nitrogen and oxygen atoms in total. The summed E-state index contributed by atoms with van der Waals surface area (Å²) in [5, 5.41) is 0.604. The lowest BCUT2D eigenvalue weighted by molar-refractivity contribution is 0.0600. The fourth-order valence-corrected chi connectivity index (χ4v) is 5.99. The van der Waals surface area contributed by atoms with Crippen molar-refractivity contribution in [3.63, 3.8) is 0 Å². The van der Waals surface area contributed by atoms with Crippen LogP contribution in [0.4, 0.5) is 5.69 Å². The summed E-state index contributed by atoms with van der Waals surface area (Å²) in [7, 11) is -2.80. The number of aryl methyl sites for hydroxylation is 2. The maximum atomic E-state index is 13.5. The number of likely N-dealkylation sites (tertiary alicyclic amines) is 1. The van der Waals surface area contributed by atoms with E-state index in [1.165, 1.54) is 31.4 Å². The molecule has 0 aliphatic carbocycles. The van der Waals surface area contributed by atoms with Crippen LogP contribution < -0.4 is 4.72 Å². The van der Waals surface area contributed by atoms with Crippen molar-refractivity contribution < 1.29 is 27.2 Å². The van der Waals surface area contributed by atoms with Crippen LogP contribution in [0.2, 0.25) is 0 Å². The van der Waals surface area contributed by atoms with Gasteiger partial charge < -0.3 is 14.1 Å². The summed E-state index contributed by atoms with van der Waals surface area (Å²) in [5.41, 5.74) is 2.72. The predicted molar refractivity (Wildman–Crippen MR) is 133 cm³/mol. The molecule has 4 rings (SSSR count). The Morgan fingerprint density at radius 2 is 1.60 bits per heavy atom. The minimum atomic E-state index is -4.08. The number of furan rings is 1. The molecule has 0 spiro atoms. The third-order valence-electron chi connectivity index (χ3n) is 6.61. The molecular weight excluding hydrogens is 468 g/mol. The van der Waals surface area contributed by atoms with Gasteiger partial charge in [-0.2, -0.15) is 0 Å². The van der Waals surface area contributed by atoms with Gasteiger partial charge in [-0.3, -0.25) is 9.52 Å². The number of benzene rings is 2. The van der Waals surface area contributed by atoms with Crippen LogP contribution in [0.5, 0.6) is 0 Å². The molecule has 0 saturated carbocycles. The van der Waals surface area contributed by atoms with Crippen LogP contribution in [0.3, 0.4) is 0 Å². The molecule has 1 fully saturated rings. The number of amides is 1. The summed E-state index contributed by atoms with van der Waals surface area (Å²) in [5.74, 6) is -0.528. The molecule has 1 aromatic heterocycles. The topological polar surface area (TPSA) is 106 Å². The van der Waals surface area contributed by atoms with Crippen molar-refractivity contribution >= 4 is 38.6 Å². The molecule has 1 amide bonds. The number of ether oxygens (including phenoxy) is 1. The molecule has 0 bridgehead atoms. The highest BCUT2D eigenvalue weighted by atomic mass is 32.2. The number of hydrogen-bond acceptors (Lipinski definition) is 6. The summed E-state index contributed by atoms with van der Waals surface area (Å²) in [6, 6.07) is 7.82. The van der Waals surface area contributed by atoms with Gasteiger partial charge in [-0.1, -0.05) is 12.8 Å². The van der Waals surface area contributed by atoms with E-state index < -0.39 is 16.0 Å². The molecule has 1 aliphatic heterocycles. The number of carbonyl (C=O) groups is 2. The van der Waals surface area contributed by atoms with Gasteiger partial charge >= 0.3 is 5.97 Å². The molecule has 1 saturated heterocycles. The SMILES string of the molecule is COC(=O)c1ccc(NS(=O)(=O)c2c(C)c(C)cc3c(C)c(C(=O)N4CCCCCC4)oc23)cc1. The number of esters is 1. The van der Waals surface area contributed by atoms with E-state index in [9.17, 15) is 18.0 Å². The lowest BCUT2D eigenvalue weighted by Crippen LogP contribution is -2.31. The first-order valence-electron chi connectivity index (χ1n) is 11.7. The van der Waals surface area contributed by atoms with Crippen molar-refractivity contribution in [2.45, 2.75) is 51.3 Å². The number of carbonyl (C=O) groups excluding carboxylic acids is 2. The predicted octanol–water partition coefficient (Wildman–Crippen LogP) is 4.96. The fourth-order valence-electron chi connectivity index (χ4n) is 4.49. The van der Waals surface area contributed by atoms with Crippen LogP contribution in [0.25, 0.3) is 11.0 Å². The Morgan fingerprint density at radius 3 is 2.20 bits per heavy atom. The standard InChI is InChI=1S/C26H30N2O6S/c1-16-15-21-18(3)22(25(29)28-13-7-5-6-8-14-28)34-23(21)24(17(16)2)35(31,32)27-20-11-9-19(10-12-20)26(30)33-4/h9-12,15,27H,5-8,13-14H2,1-4H3. The van der Waals surface area contributed by atoms with Crippen molar-refractivity contribution in [3.05, 3.63) is 58.3 Å². The zero-order chi connectivity index (χ0) is 25.3. The highest BCUT2D eigenvalue weighted by molar-refractivity contribution is 7.93. The minimum Gasteiger partial charge on any atom is -0.465 e. The molecule has 9 heteroatoms. The lowest BCUT2D eigenvalue weighted by Gasteiger charge is -2.19. The smallest absolute Gasteiger partial charge is 0.337 e. The van der Waals surface area contributed by atoms with Crippen LogP contribution in [-0.2, 0) is 14.8 Å². The number of nitrogens with one attached hydrogen (secondary N) is 1. The molecule has 0 unspecified atom stereocenters. The van der Waals surface area contributed by atoms with Gasteiger partial charge in [0.15, 0.2) is 11.3 Å². The van der Waals surface area contributed by atoms with Gasteiger partial charge in [-0.15, -0.1) is 0 Å². The van der Waals surface area contributed by atoms with Gasteiger partial charge in [0.25, 0.3) is 15.9 Å². The normalized spacial score (nSPS) is 14.6. The van der Waals surface area contributed by atoms with Crippen LogP contribution in [0, 0.1) is 20.8 Å². The van der Waals surface area contributed by atoms with Gasteiger partial charge in [0.05, 0.1) is 12.7 Å². The molecule has 0 radical (unpaired) electrons. The second-order valence-electron chi connectivity index (χ2n) is 8.96. The number of hydrogen-bond donors (Lipinski definition) is 1. The Labute approximate surface area is 205 Å². The third kappa shape index (κ3) is 4.77. The van der Waals surface area contributed by atoms with Gasteiger partial charge in [-0.25, -0.2) is 13.2 Å². The zero-order valence-corrected chi connectivity index (χ0v) is 21.3. The number of anilines is 1. The zero-order valence-electron chi connectivity index (χ0n) is 20.4. The summed E-state index contributed by atoms with van der Waals surface area (Å²) < 4.78 is 40.4. The quantitative estimate of drug-likeness (QED) is 0.498. The third-order valence-corrected chi connectivity index (χ3v) is 8.14. The molecule has 0 atom stereocenters. The molecule has 2 heterocycles. The van der Waals surface area contributed by atoms with Crippen molar-refractivity contribution in [2.24, 2.45) is 0 Å². The Bertz CT molecular complexity index is 1380. The highest BCUT2D eigenvalue weighted by Gasteiger charge is 2.30. The number of nitrogens with zero attached hydrogens (tertiary/aromatic N) is 1. The van der Waals surface area contributed by atoms with E-state index in [0.717, 1.165) is 31.2 Å². The highest BCUT2D eigenvalue weighted by Crippen LogP contribution is 2.36. The molecular formula is C26H30N2O6S. The summed E-state index contributed by atoms with van der Waals surface area (Å²) in [6.07, 6.45) is 4.08. The number of sulfonamides is 1. The molecule has 1 aliphatic rings. The van der Waals surface area contributed by atoms with Gasteiger partial charge in [0.2, 0.25) is 0 Å². The van der Waals surface area contributed by atoms with Crippen LogP contribution in [0.15, 0.2) is 39.6 Å². The van der Waals surface area contributed by atoms with E-state index in [4.69, 9.17) is 4.42 Å². The van der Waals surface area contributed by atoms with E-state index in [0.29, 0.717) is 35.2 Å². The van der Waals surface area contributed by atoms with Crippen molar-refractivity contribution in [1.29, 1.82) is 0 Å². The number of fused-ring (bicyclic) bond motifs is 1.